The number of amides is 1. The lowest BCUT2D eigenvalue weighted by Gasteiger charge is -2.33. The van der Waals surface area contributed by atoms with E-state index in [0.29, 0.717) is 6.54 Å². The maximum absolute atomic E-state index is 13.0. The molecule has 2 aliphatic heterocycles. The molecule has 1 aromatic carbocycles. The first-order valence-electron chi connectivity index (χ1n) is 10.1. The van der Waals surface area contributed by atoms with Crippen molar-refractivity contribution in [2.24, 2.45) is 5.92 Å². The van der Waals surface area contributed by atoms with Crippen LogP contribution < -0.4 is 15.1 Å². The molecule has 3 heterocycles. The number of anilines is 2. The summed E-state index contributed by atoms with van der Waals surface area (Å²) < 4.78 is 13.0. The second kappa shape index (κ2) is 9.43. The molecule has 0 unspecified atom stereocenters. The average Bonchev–Trinajstić information content (AvgIpc) is 2.79. The number of benzene rings is 1. The van der Waals surface area contributed by atoms with E-state index in [0.717, 1.165) is 67.7 Å². The number of nitrogens with one attached hydrogen (secondary N) is 1. The average molecular weight is 416 g/mol. The minimum absolute atomic E-state index is 0.00660. The van der Waals surface area contributed by atoms with Crippen molar-refractivity contribution in [3.8, 4) is 0 Å². The van der Waals surface area contributed by atoms with Gasteiger partial charge in [-0.2, -0.15) is 11.8 Å². The summed E-state index contributed by atoms with van der Waals surface area (Å²) in [6, 6.07) is 8.31. The molecule has 0 radical (unpaired) electrons. The predicted molar refractivity (Wildman–Crippen MR) is 115 cm³/mol. The van der Waals surface area contributed by atoms with Crippen LogP contribution in [-0.4, -0.2) is 53.6 Å². The molecule has 8 heteroatoms. The van der Waals surface area contributed by atoms with Crippen molar-refractivity contribution < 1.29 is 9.18 Å². The van der Waals surface area contributed by atoms with Crippen molar-refractivity contribution in [1.82, 2.24) is 15.3 Å². The summed E-state index contributed by atoms with van der Waals surface area (Å²) in [6.07, 6.45) is 3.25. The van der Waals surface area contributed by atoms with Gasteiger partial charge < -0.3 is 15.1 Å². The summed E-state index contributed by atoms with van der Waals surface area (Å²) in [5.41, 5.74) is 0.904. The SMILES string of the molecule is O=C(NCc1ccc(F)cc1)C1CCN(c2cc(N3CCSCC3)ncn2)CC1. The van der Waals surface area contributed by atoms with Crippen LogP contribution in [0.4, 0.5) is 16.0 Å². The van der Waals surface area contributed by atoms with Gasteiger partial charge in [-0.15, -0.1) is 0 Å². The van der Waals surface area contributed by atoms with Gasteiger partial charge in [-0.3, -0.25) is 4.79 Å². The van der Waals surface area contributed by atoms with Crippen LogP contribution in [0.3, 0.4) is 0 Å². The van der Waals surface area contributed by atoms with E-state index in [4.69, 9.17) is 0 Å². The highest BCUT2D eigenvalue weighted by Crippen LogP contribution is 2.25. The molecule has 1 N–H and O–H groups in total. The van der Waals surface area contributed by atoms with Crippen molar-refractivity contribution in [2.45, 2.75) is 19.4 Å². The highest BCUT2D eigenvalue weighted by molar-refractivity contribution is 7.99. The molecule has 29 heavy (non-hydrogen) atoms. The summed E-state index contributed by atoms with van der Waals surface area (Å²) >= 11 is 1.98. The summed E-state index contributed by atoms with van der Waals surface area (Å²) in [5.74, 6) is 4.03. The van der Waals surface area contributed by atoms with Gasteiger partial charge in [0.05, 0.1) is 0 Å². The minimum atomic E-state index is -0.264. The topological polar surface area (TPSA) is 61.4 Å². The molecular weight excluding hydrogens is 389 g/mol. The van der Waals surface area contributed by atoms with Crippen LogP contribution in [-0.2, 0) is 11.3 Å². The van der Waals surface area contributed by atoms with Crippen molar-refractivity contribution >= 4 is 29.3 Å². The van der Waals surface area contributed by atoms with Gasteiger partial charge in [-0.05, 0) is 30.5 Å². The molecule has 2 saturated heterocycles. The third-order valence-corrected chi connectivity index (χ3v) is 6.49. The van der Waals surface area contributed by atoms with Gasteiger partial charge in [0.1, 0.15) is 23.8 Å². The highest BCUT2D eigenvalue weighted by Gasteiger charge is 2.26. The molecular formula is C21H26FN5OS. The number of hydrogen-bond acceptors (Lipinski definition) is 6. The Kier molecular flexibility index (Phi) is 6.49. The zero-order valence-corrected chi connectivity index (χ0v) is 17.2. The second-order valence-electron chi connectivity index (χ2n) is 7.44. The van der Waals surface area contributed by atoms with E-state index >= 15 is 0 Å². The zero-order chi connectivity index (χ0) is 20.1. The van der Waals surface area contributed by atoms with Gasteiger partial charge >= 0.3 is 0 Å². The molecule has 2 aromatic rings. The quantitative estimate of drug-likeness (QED) is 0.810. The molecule has 0 saturated carbocycles. The predicted octanol–water partition coefficient (Wildman–Crippen LogP) is 2.70. The van der Waals surface area contributed by atoms with E-state index in [-0.39, 0.29) is 17.6 Å². The number of piperidine rings is 1. The summed E-state index contributed by atoms with van der Waals surface area (Å²) in [4.78, 5) is 26.0. The Balaban J connectivity index is 1.28. The highest BCUT2D eigenvalue weighted by atomic mass is 32.2. The van der Waals surface area contributed by atoms with Gasteiger partial charge in [0.25, 0.3) is 0 Å². The minimum Gasteiger partial charge on any atom is -0.356 e. The Morgan fingerprint density at radius 1 is 1.03 bits per heavy atom. The molecule has 0 bridgehead atoms. The number of hydrogen-bond donors (Lipinski definition) is 1. The molecule has 154 valence electrons. The first-order valence-corrected chi connectivity index (χ1v) is 11.3. The van der Waals surface area contributed by atoms with E-state index in [2.05, 4.69) is 31.2 Å². The molecule has 0 spiro atoms. The Labute approximate surface area is 174 Å². The molecule has 0 atom stereocenters. The van der Waals surface area contributed by atoms with E-state index in [9.17, 15) is 9.18 Å². The number of carbonyl (C=O) groups is 1. The van der Waals surface area contributed by atoms with Gasteiger partial charge in [0, 0.05) is 56.2 Å². The largest absolute Gasteiger partial charge is 0.356 e. The number of thioether (sulfide) groups is 1. The molecule has 2 fully saturated rings. The number of aromatic nitrogens is 2. The van der Waals surface area contributed by atoms with E-state index in [1.807, 2.05) is 11.8 Å². The molecule has 2 aliphatic rings. The first kappa shape index (κ1) is 19.9. The maximum Gasteiger partial charge on any atom is 0.223 e. The third-order valence-electron chi connectivity index (χ3n) is 5.54. The van der Waals surface area contributed by atoms with Crippen molar-refractivity contribution in [3.05, 3.63) is 48.0 Å². The summed E-state index contributed by atoms with van der Waals surface area (Å²) in [6.45, 7) is 4.10. The van der Waals surface area contributed by atoms with Crippen molar-refractivity contribution in [2.75, 3.05) is 47.5 Å². The Bertz CT molecular complexity index is 820. The van der Waals surface area contributed by atoms with Crippen LogP contribution in [0.1, 0.15) is 18.4 Å². The van der Waals surface area contributed by atoms with Gasteiger partial charge in [-0.25, -0.2) is 14.4 Å². The maximum atomic E-state index is 13.0. The fourth-order valence-corrected chi connectivity index (χ4v) is 4.69. The third kappa shape index (κ3) is 5.18. The van der Waals surface area contributed by atoms with Crippen LogP contribution in [0.5, 0.6) is 0 Å². The number of rotatable bonds is 5. The molecule has 1 amide bonds. The van der Waals surface area contributed by atoms with Gasteiger partial charge in [0.2, 0.25) is 5.91 Å². The Morgan fingerprint density at radius 2 is 1.66 bits per heavy atom. The molecule has 6 nitrogen and oxygen atoms in total. The standard InChI is InChI=1S/C21H26FN5OS/c22-18-3-1-16(2-4-18)14-23-21(28)17-5-7-26(8-6-17)19-13-20(25-15-24-19)27-9-11-29-12-10-27/h1-4,13,15,17H,5-12,14H2,(H,23,28). The number of carbonyl (C=O) groups excluding carboxylic acids is 1. The van der Waals surface area contributed by atoms with Crippen molar-refractivity contribution in [3.63, 3.8) is 0 Å². The number of nitrogens with zero attached hydrogens (tertiary/aromatic N) is 4. The number of halogens is 1. The lowest BCUT2D eigenvalue weighted by Crippen LogP contribution is -2.41. The van der Waals surface area contributed by atoms with Gasteiger partial charge in [-0.1, -0.05) is 12.1 Å². The van der Waals surface area contributed by atoms with Crippen LogP contribution in [0, 0.1) is 11.7 Å². The molecule has 0 aliphatic carbocycles. The fraction of sp³-hybridized carbons (Fsp3) is 0.476. The fourth-order valence-electron chi connectivity index (χ4n) is 3.78. The molecule has 4 rings (SSSR count). The van der Waals surface area contributed by atoms with Crippen LogP contribution >= 0.6 is 11.8 Å². The smallest absolute Gasteiger partial charge is 0.223 e. The summed E-state index contributed by atoms with van der Waals surface area (Å²) in [7, 11) is 0. The van der Waals surface area contributed by atoms with Crippen molar-refractivity contribution in [1.29, 1.82) is 0 Å². The van der Waals surface area contributed by atoms with E-state index in [1.54, 1.807) is 18.5 Å². The first-order chi connectivity index (χ1) is 14.2. The van der Waals surface area contributed by atoms with Crippen LogP contribution in [0.15, 0.2) is 36.7 Å². The van der Waals surface area contributed by atoms with Crippen LogP contribution in [0.25, 0.3) is 0 Å². The van der Waals surface area contributed by atoms with E-state index < -0.39 is 0 Å². The lowest BCUT2D eigenvalue weighted by molar-refractivity contribution is -0.125. The second-order valence-corrected chi connectivity index (χ2v) is 8.66. The monoisotopic (exact) mass is 415 g/mol. The van der Waals surface area contributed by atoms with Crippen LogP contribution in [0.2, 0.25) is 0 Å². The molecule has 1 aromatic heterocycles. The lowest BCUT2D eigenvalue weighted by atomic mass is 9.96. The summed E-state index contributed by atoms with van der Waals surface area (Å²) in [5, 5.41) is 2.98. The zero-order valence-electron chi connectivity index (χ0n) is 16.4. The Morgan fingerprint density at radius 3 is 2.31 bits per heavy atom. The normalized spacial score (nSPS) is 18.0. The van der Waals surface area contributed by atoms with E-state index in [1.165, 1.54) is 12.1 Å². The Hall–Kier alpha value is -2.35. The van der Waals surface area contributed by atoms with Gasteiger partial charge in [0.15, 0.2) is 0 Å².